The fourth-order valence-electron chi connectivity index (χ4n) is 3.27. The van der Waals surface area contributed by atoms with Gasteiger partial charge in [0.1, 0.15) is 0 Å². The lowest BCUT2D eigenvalue weighted by Crippen LogP contribution is -2.35. The Morgan fingerprint density at radius 2 is 1.83 bits per heavy atom. The summed E-state index contributed by atoms with van der Waals surface area (Å²) >= 11 is 0. The fraction of sp³-hybridized carbons (Fsp3) is 0.400. The van der Waals surface area contributed by atoms with Crippen LogP contribution in [0.3, 0.4) is 0 Å². The maximum Gasteiger partial charge on any atom is 0.264 e. The van der Waals surface area contributed by atoms with E-state index in [0.29, 0.717) is 17.4 Å². The monoisotopic (exact) mass is 343 g/mol. The van der Waals surface area contributed by atoms with Crippen LogP contribution in [0.4, 0.5) is 5.69 Å². The molecule has 4 heteroatoms. The summed E-state index contributed by atoms with van der Waals surface area (Å²) in [7, 11) is -3.50. The van der Waals surface area contributed by atoms with Crippen LogP contribution in [0.5, 0.6) is 0 Å². The molecule has 0 aromatic heterocycles. The molecule has 0 saturated carbocycles. The van der Waals surface area contributed by atoms with Crippen molar-refractivity contribution in [2.24, 2.45) is 0 Å². The van der Waals surface area contributed by atoms with Crippen molar-refractivity contribution < 1.29 is 8.42 Å². The summed E-state index contributed by atoms with van der Waals surface area (Å²) in [6.45, 7) is 6.89. The largest absolute Gasteiger partial charge is 0.266 e. The molecule has 0 aliphatic carbocycles. The summed E-state index contributed by atoms with van der Waals surface area (Å²) in [6.07, 6.45) is 2.85. The van der Waals surface area contributed by atoms with Crippen molar-refractivity contribution in [2.45, 2.75) is 50.8 Å². The summed E-state index contributed by atoms with van der Waals surface area (Å²) in [4.78, 5) is 0.378. The van der Waals surface area contributed by atoms with Gasteiger partial charge in [-0.15, -0.1) is 0 Å². The number of rotatable bonds is 4. The van der Waals surface area contributed by atoms with Crippen molar-refractivity contribution in [3.63, 3.8) is 0 Å². The Morgan fingerprint density at radius 1 is 1.12 bits per heavy atom. The smallest absolute Gasteiger partial charge is 0.264 e. The van der Waals surface area contributed by atoms with Crippen molar-refractivity contribution in [2.75, 3.05) is 10.8 Å². The summed E-state index contributed by atoms with van der Waals surface area (Å²) < 4.78 is 27.8. The molecule has 2 aromatic rings. The number of nitrogens with zero attached hydrogens (tertiary/aromatic N) is 1. The van der Waals surface area contributed by atoms with Gasteiger partial charge in [0.05, 0.1) is 10.6 Å². The van der Waals surface area contributed by atoms with E-state index in [2.05, 4.69) is 19.9 Å². The molecule has 0 amide bonds. The molecule has 0 fully saturated rings. The van der Waals surface area contributed by atoms with Gasteiger partial charge < -0.3 is 0 Å². The first-order valence-corrected chi connectivity index (χ1v) is 10.1. The Morgan fingerprint density at radius 3 is 2.50 bits per heavy atom. The molecule has 1 unspecified atom stereocenters. The molecule has 0 bridgehead atoms. The van der Waals surface area contributed by atoms with E-state index < -0.39 is 10.0 Å². The average Bonchev–Trinajstić information content (AvgIpc) is 2.60. The van der Waals surface area contributed by atoms with E-state index in [1.54, 1.807) is 16.4 Å². The summed E-state index contributed by atoms with van der Waals surface area (Å²) in [5.74, 6) is 0.445. The molecule has 3 nitrogen and oxygen atoms in total. The predicted molar refractivity (Wildman–Crippen MR) is 99.2 cm³/mol. The third-order valence-electron chi connectivity index (χ3n) is 4.96. The van der Waals surface area contributed by atoms with Crippen LogP contribution < -0.4 is 4.31 Å². The van der Waals surface area contributed by atoms with Gasteiger partial charge in [-0.1, -0.05) is 43.7 Å². The van der Waals surface area contributed by atoms with Crippen molar-refractivity contribution in [3.8, 4) is 0 Å². The second-order valence-corrected chi connectivity index (χ2v) is 8.55. The molecule has 2 aromatic carbocycles. The highest BCUT2D eigenvalue weighted by Gasteiger charge is 2.29. The lowest BCUT2D eigenvalue weighted by molar-refractivity contribution is 0.586. The molecule has 1 heterocycles. The lowest BCUT2D eigenvalue weighted by atomic mass is 9.99. The zero-order chi connectivity index (χ0) is 17.3. The minimum atomic E-state index is -3.50. The highest BCUT2D eigenvalue weighted by molar-refractivity contribution is 7.92. The Kier molecular flexibility index (Phi) is 4.68. The standard InChI is InChI=1S/C20H25NO2S/c1-4-16(3)17-8-10-19(11-9-17)24(22,23)21-13-5-6-18-14-15(2)7-12-20(18)21/h7-12,14,16H,4-6,13H2,1-3H3. The molecule has 0 N–H and O–H groups in total. The normalized spacial score (nSPS) is 15.9. The molecule has 3 rings (SSSR count). The van der Waals surface area contributed by atoms with Crippen LogP contribution in [0, 0.1) is 6.92 Å². The number of aryl methyl sites for hydroxylation is 2. The van der Waals surface area contributed by atoms with Crippen molar-refractivity contribution in [1.82, 2.24) is 0 Å². The number of benzene rings is 2. The van der Waals surface area contributed by atoms with Gasteiger partial charge in [-0.2, -0.15) is 0 Å². The van der Waals surface area contributed by atoms with Crippen LogP contribution in [0.2, 0.25) is 0 Å². The highest BCUT2D eigenvalue weighted by atomic mass is 32.2. The average molecular weight is 343 g/mol. The van der Waals surface area contributed by atoms with Gasteiger partial charge >= 0.3 is 0 Å². The van der Waals surface area contributed by atoms with Crippen molar-refractivity contribution in [3.05, 3.63) is 59.2 Å². The van der Waals surface area contributed by atoms with Crippen LogP contribution >= 0.6 is 0 Å². The number of hydrogen-bond acceptors (Lipinski definition) is 2. The van der Waals surface area contributed by atoms with Gasteiger partial charge in [0.25, 0.3) is 10.0 Å². The fourth-order valence-corrected chi connectivity index (χ4v) is 4.81. The topological polar surface area (TPSA) is 37.4 Å². The van der Waals surface area contributed by atoms with E-state index >= 15 is 0 Å². The second kappa shape index (κ2) is 6.60. The number of anilines is 1. The van der Waals surface area contributed by atoms with Gasteiger partial charge in [-0.3, -0.25) is 4.31 Å². The Hall–Kier alpha value is -1.81. The minimum absolute atomic E-state index is 0.378. The maximum absolute atomic E-state index is 13.1. The molecular weight excluding hydrogens is 318 g/mol. The van der Waals surface area contributed by atoms with Crippen LogP contribution in [-0.4, -0.2) is 15.0 Å². The van der Waals surface area contributed by atoms with Gasteiger partial charge in [0, 0.05) is 6.54 Å². The molecule has 1 aliphatic heterocycles. The minimum Gasteiger partial charge on any atom is -0.266 e. The first kappa shape index (κ1) is 17.0. The number of hydrogen-bond donors (Lipinski definition) is 0. The molecule has 0 saturated heterocycles. The van der Waals surface area contributed by atoms with E-state index in [4.69, 9.17) is 0 Å². The van der Waals surface area contributed by atoms with E-state index in [1.165, 1.54) is 11.1 Å². The van der Waals surface area contributed by atoms with Gasteiger partial charge in [0.15, 0.2) is 0 Å². The quantitative estimate of drug-likeness (QED) is 0.810. The lowest BCUT2D eigenvalue weighted by Gasteiger charge is -2.30. The summed E-state index contributed by atoms with van der Waals surface area (Å²) in [6, 6.07) is 13.4. The first-order chi connectivity index (χ1) is 11.4. The molecule has 128 valence electrons. The maximum atomic E-state index is 13.1. The molecule has 0 spiro atoms. The zero-order valence-corrected chi connectivity index (χ0v) is 15.4. The molecule has 0 radical (unpaired) electrons. The van der Waals surface area contributed by atoms with Crippen molar-refractivity contribution in [1.29, 1.82) is 0 Å². The zero-order valence-electron chi connectivity index (χ0n) is 14.6. The number of sulfonamides is 1. The first-order valence-electron chi connectivity index (χ1n) is 8.65. The van der Waals surface area contributed by atoms with Crippen LogP contribution in [0.1, 0.15) is 49.3 Å². The van der Waals surface area contributed by atoms with Crippen LogP contribution in [-0.2, 0) is 16.4 Å². The van der Waals surface area contributed by atoms with Gasteiger partial charge in [-0.25, -0.2) is 8.42 Å². The van der Waals surface area contributed by atoms with Gasteiger partial charge in [-0.05, 0) is 61.4 Å². The van der Waals surface area contributed by atoms with E-state index in [-0.39, 0.29) is 0 Å². The van der Waals surface area contributed by atoms with Crippen LogP contribution in [0.25, 0.3) is 0 Å². The molecule has 24 heavy (non-hydrogen) atoms. The molecule has 1 atom stereocenters. The summed E-state index contributed by atoms with van der Waals surface area (Å²) in [5.41, 5.74) is 4.32. The third-order valence-corrected chi connectivity index (χ3v) is 6.79. The predicted octanol–water partition coefficient (Wildman–Crippen LogP) is 4.65. The molecular formula is C20H25NO2S. The van der Waals surface area contributed by atoms with E-state index in [1.807, 2.05) is 31.2 Å². The van der Waals surface area contributed by atoms with Gasteiger partial charge in [0.2, 0.25) is 0 Å². The van der Waals surface area contributed by atoms with Crippen LogP contribution in [0.15, 0.2) is 47.4 Å². The highest BCUT2D eigenvalue weighted by Crippen LogP contribution is 2.33. The van der Waals surface area contributed by atoms with Crippen molar-refractivity contribution >= 4 is 15.7 Å². The molecule has 1 aliphatic rings. The third kappa shape index (κ3) is 3.07. The van der Waals surface area contributed by atoms with E-state index in [0.717, 1.165) is 30.5 Å². The summed E-state index contributed by atoms with van der Waals surface area (Å²) in [5, 5.41) is 0. The second-order valence-electron chi connectivity index (χ2n) is 6.69. The SMILES string of the molecule is CCC(C)c1ccc(S(=O)(=O)N2CCCc3cc(C)ccc32)cc1. The number of fused-ring (bicyclic) bond motifs is 1. The van der Waals surface area contributed by atoms with E-state index in [9.17, 15) is 8.42 Å². The Balaban J connectivity index is 1.97. The Bertz CT molecular complexity index is 825. The Labute approximate surface area is 145 Å².